The molecule has 2 aromatic rings. The van der Waals surface area contributed by atoms with Crippen molar-refractivity contribution in [2.45, 2.75) is 18.9 Å². The number of likely N-dealkylation sites (tertiary alicyclic amines) is 1. The first-order chi connectivity index (χ1) is 9.33. The van der Waals surface area contributed by atoms with E-state index < -0.39 is 0 Å². The summed E-state index contributed by atoms with van der Waals surface area (Å²) in [6, 6.07) is 0.157. The van der Waals surface area contributed by atoms with E-state index in [0.29, 0.717) is 11.7 Å². The molecule has 2 aromatic heterocycles. The fourth-order valence-electron chi connectivity index (χ4n) is 2.33. The van der Waals surface area contributed by atoms with Crippen LogP contribution >= 0.6 is 11.3 Å². The van der Waals surface area contributed by atoms with E-state index in [1.807, 2.05) is 5.38 Å². The zero-order valence-corrected chi connectivity index (χ0v) is 11.1. The average Bonchev–Trinajstić information content (AvgIpc) is 3.09. The lowest BCUT2D eigenvalue weighted by atomic mass is 10.2. The molecule has 0 unspecified atom stereocenters. The number of rotatable bonds is 4. The van der Waals surface area contributed by atoms with Crippen LogP contribution in [0.2, 0.25) is 0 Å². The summed E-state index contributed by atoms with van der Waals surface area (Å²) < 4.78 is 0. The molecule has 0 aromatic carbocycles. The average molecular weight is 278 g/mol. The number of aromatic amines is 1. The lowest BCUT2D eigenvalue weighted by Gasteiger charge is -2.21. The van der Waals surface area contributed by atoms with Crippen LogP contribution in [0.4, 0.5) is 5.13 Å². The number of nitrogens with one attached hydrogen (secondary N) is 2. The molecule has 1 aliphatic heterocycles. The molecule has 1 atom stereocenters. The van der Waals surface area contributed by atoms with Gasteiger partial charge < -0.3 is 5.32 Å². The Kier molecular flexibility index (Phi) is 3.51. The van der Waals surface area contributed by atoms with Gasteiger partial charge in [-0.05, 0) is 19.4 Å². The van der Waals surface area contributed by atoms with E-state index in [4.69, 9.17) is 0 Å². The van der Waals surface area contributed by atoms with Crippen LogP contribution in [-0.2, 0) is 4.79 Å². The van der Waals surface area contributed by atoms with Gasteiger partial charge in [0.25, 0.3) is 0 Å². The Bertz CT molecular complexity index is 525. The van der Waals surface area contributed by atoms with Crippen LogP contribution in [0.3, 0.4) is 0 Å². The monoisotopic (exact) mass is 278 g/mol. The highest BCUT2D eigenvalue weighted by Crippen LogP contribution is 2.28. The molecule has 0 saturated carbocycles. The van der Waals surface area contributed by atoms with Crippen LogP contribution in [0.15, 0.2) is 17.9 Å². The number of anilines is 1. The second-order valence-electron chi connectivity index (χ2n) is 4.38. The maximum atomic E-state index is 11.9. The van der Waals surface area contributed by atoms with Crippen molar-refractivity contribution in [1.82, 2.24) is 25.1 Å². The van der Waals surface area contributed by atoms with E-state index in [9.17, 15) is 4.79 Å². The lowest BCUT2D eigenvalue weighted by molar-refractivity contribution is -0.117. The maximum absolute atomic E-state index is 11.9. The second-order valence-corrected chi connectivity index (χ2v) is 5.28. The Morgan fingerprint density at radius 3 is 3.26 bits per heavy atom. The quantitative estimate of drug-likeness (QED) is 0.872. The molecule has 0 bridgehead atoms. The Balaban J connectivity index is 1.61. The fraction of sp³-hybridized carbons (Fsp3) is 0.455. The first-order valence-corrected chi connectivity index (χ1v) is 6.99. The van der Waals surface area contributed by atoms with Crippen LogP contribution < -0.4 is 5.32 Å². The van der Waals surface area contributed by atoms with Gasteiger partial charge in [-0.2, -0.15) is 5.10 Å². The van der Waals surface area contributed by atoms with Gasteiger partial charge in [0.2, 0.25) is 5.91 Å². The SMILES string of the molecule is O=C(CN1CCC[C@H]1c1ncn[nH]1)Nc1nccs1. The van der Waals surface area contributed by atoms with Crippen LogP contribution in [0.25, 0.3) is 0 Å². The van der Waals surface area contributed by atoms with Crippen molar-refractivity contribution in [2.24, 2.45) is 0 Å². The van der Waals surface area contributed by atoms with E-state index in [-0.39, 0.29) is 11.9 Å². The molecule has 1 fully saturated rings. The maximum Gasteiger partial charge on any atom is 0.240 e. The van der Waals surface area contributed by atoms with Crippen molar-refractivity contribution in [2.75, 3.05) is 18.4 Å². The number of carbonyl (C=O) groups is 1. The number of hydrogen-bond donors (Lipinski definition) is 2. The number of H-pyrrole nitrogens is 1. The summed E-state index contributed by atoms with van der Waals surface area (Å²) in [5.41, 5.74) is 0. The summed E-state index contributed by atoms with van der Waals surface area (Å²) in [6.45, 7) is 1.25. The molecular formula is C11H14N6OS. The largest absolute Gasteiger partial charge is 0.301 e. The molecule has 3 rings (SSSR count). The molecule has 7 nitrogen and oxygen atoms in total. The molecule has 19 heavy (non-hydrogen) atoms. The molecule has 0 aliphatic carbocycles. The zero-order valence-electron chi connectivity index (χ0n) is 10.2. The summed E-state index contributed by atoms with van der Waals surface area (Å²) in [6.07, 6.45) is 5.24. The van der Waals surface area contributed by atoms with Crippen molar-refractivity contribution < 1.29 is 4.79 Å². The third-order valence-electron chi connectivity index (χ3n) is 3.14. The summed E-state index contributed by atoms with van der Waals surface area (Å²) in [7, 11) is 0. The predicted molar refractivity (Wildman–Crippen MR) is 70.7 cm³/mol. The van der Waals surface area contributed by atoms with Gasteiger partial charge in [0.15, 0.2) is 5.13 Å². The van der Waals surface area contributed by atoms with Gasteiger partial charge in [0.05, 0.1) is 12.6 Å². The van der Waals surface area contributed by atoms with Gasteiger partial charge in [0.1, 0.15) is 12.2 Å². The second kappa shape index (κ2) is 5.45. The lowest BCUT2D eigenvalue weighted by Crippen LogP contribution is -2.33. The molecule has 0 radical (unpaired) electrons. The molecule has 0 spiro atoms. The molecule has 3 heterocycles. The van der Waals surface area contributed by atoms with Crippen LogP contribution in [0.1, 0.15) is 24.7 Å². The number of nitrogens with zero attached hydrogens (tertiary/aromatic N) is 4. The number of amides is 1. The minimum Gasteiger partial charge on any atom is -0.301 e. The van der Waals surface area contributed by atoms with E-state index in [0.717, 1.165) is 25.2 Å². The number of thiazole rings is 1. The highest BCUT2D eigenvalue weighted by atomic mass is 32.1. The van der Waals surface area contributed by atoms with Crippen molar-refractivity contribution >= 4 is 22.4 Å². The van der Waals surface area contributed by atoms with Gasteiger partial charge in [-0.25, -0.2) is 9.97 Å². The molecular weight excluding hydrogens is 264 g/mol. The highest BCUT2D eigenvalue weighted by Gasteiger charge is 2.29. The van der Waals surface area contributed by atoms with E-state index in [1.165, 1.54) is 17.7 Å². The van der Waals surface area contributed by atoms with Gasteiger partial charge in [-0.3, -0.25) is 14.8 Å². The predicted octanol–water partition coefficient (Wildman–Crippen LogP) is 1.04. The van der Waals surface area contributed by atoms with Crippen molar-refractivity contribution in [1.29, 1.82) is 0 Å². The van der Waals surface area contributed by atoms with E-state index in [1.54, 1.807) is 6.20 Å². The van der Waals surface area contributed by atoms with Crippen molar-refractivity contribution in [3.63, 3.8) is 0 Å². The Morgan fingerprint density at radius 2 is 2.53 bits per heavy atom. The normalized spacial score (nSPS) is 19.7. The molecule has 100 valence electrons. The summed E-state index contributed by atoms with van der Waals surface area (Å²) in [5.74, 6) is 0.793. The van der Waals surface area contributed by atoms with E-state index >= 15 is 0 Å². The van der Waals surface area contributed by atoms with Gasteiger partial charge in [-0.1, -0.05) is 0 Å². The fourth-order valence-corrected chi connectivity index (χ4v) is 2.87. The number of carbonyl (C=O) groups excluding carboxylic acids is 1. The first kappa shape index (κ1) is 12.2. The van der Waals surface area contributed by atoms with Crippen LogP contribution in [0.5, 0.6) is 0 Å². The highest BCUT2D eigenvalue weighted by molar-refractivity contribution is 7.13. The summed E-state index contributed by atoms with van der Waals surface area (Å²) in [5, 5.41) is 12.0. The van der Waals surface area contributed by atoms with Gasteiger partial charge >= 0.3 is 0 Å². The topological polar surface area (TPSA) is 86.8 Å². The zero-order chi connectivity index (χ0) is 13.1. The van der Waals surface area contributed by atoms with Crippen LogP contribution in [0, 0.1) is 0 Å². The molecule has 1 aliphatic rings. The minimum atomic E-state index is -0.0404. The van der Waals surface area contributed by atoms with Crippen LogP contribution in [-0.4, -0.2) is 44.1 Å². The smallest absolute Gasteiger partial charge is 0.240 e. The summed E-state index contributed by atoms with van der Waals surface area (Å²) in [4.78, 5) is 22.3. The minimum absolute atomic E-state index is 0.0404. The van der Waals surface area contributed by atoms with Crippen molar-refractivity contribution in [3.05, 3.63) is 23.7 Å². The Labute approximate surface area is 114 Å². The first-order valence-electron chi connectivity index (χ1n) is 6.11. The molecule has 1 amide bonds. The third-order valence-corrected chi connectivity index (χ3v) is 3.83. The molecule has 8 heteroatoms. The number of hydrogen-bond acceptors (Lipinski definition) is 6. The van der Waals surface area contributed by atoms with Gasteiger partial charge in [-0.15, -0.1) is 11.3 Å². The molecule has 1 saturated heterocycles. The number of aromatic nitrogens is 4. The summed E-state index contributed by atoms with van der Waals surface area (Å²) >= 11 is 1.42. The Morgan fingerprint density at radius 1 is 1.58 bits per heavy atom. The molecule has 2 N–H and O–H groups in total. The van der Waals surface area contributed by atoms with Crippen molar-refractivity contribution in [3.8, 4) is 0 Å². The van der Waals surface area contributed by atoms with E-state index in [2.05, 4.69) is 30.4 Å². The Hall–Kier alpha value is -1.80. The third kappa shape index (κ3) is 2.79. The van der Waals surface area contributed by atoms with Gasteiger partial charge in [0, 0.05) is 11.6 Å². The standard InChI is InChI=1S/C11H14N6OS/c18-9(15-11-12-3-5-19-11)6-17-4-1-2-8(17)10-13-7-14-16-10/h3,5,7-8H,1-2,4,6H2,(H,12,15,18)(H,13,14,16)/t8-/m0/s1.